The number of benzene rings is 1. The summed E-state index contributed by atoms with van der Waals surface area (Å²) >= 11 is 0. The summed E-state index contributed by atoms with van der Waals surface area (Å²) in [6.45, 7) is 1.92. The van der Waals surface area contributed by atoms with Crippen LogP contribution in [0.1, 0.15) is 36.8 Å². The van der Waals surface area contributed by atoms with Gasteiger partial charge in [-0.05, 0) is 30.9 Å². The highest BCUT2D eigenvalue weighted by Gasteiger charge is 2.44. The SMILES string of the molecule is Cc1cccc(C2(C(=O)O)CCCC2)c1N. The molecular weight excluding hydrogens is 202 g/mol. The van der Waals surface area contributed by atoms with Gasteiger partial charge < -0.3 is 10.8 Å². The van der Waals surface area contributed by atoms with Gasteiger partial charge in [-0.1, -0.05) is 31.0 Å². The first-order valence-electron chi connectivity index (χ1n) is 5.67. The van der Waals surface area contributed by atoms with Crippen LogP contribution in [0.5, 0.6) is 0 Å². The zero-order valence-electron chi connectivity index (χ0n) is 9.49. The minimum atomic E-state index is -0.740. The molecule has 3 nitrogen and oxygen atoms in total. The van der Waals surface area contributed by atoms with Crippen molar-refractivity contribution in [2.24, 2.45) is 0 Å². The smallest absolute Gasteiger partial charge is 0.314 e. The molecular formula is C13H17NO2. The van der Waals surface area contributed by atoms with E-state index in [9.17, 15) is 9.90 Å². The molecule has 1 aromatic carbocycles. The zero-order chi connectivity index (χ0) is 11.8. The fourth-order valence-electron chi connectivity index (χ4n) is 2.67. The predicted molar refractivity (Wildman–Crippen MR) is 63.4 cm³/mol. The lowest BCUT2D eigenvalue weighted by Gasteiger charge is -2.26. The van der Waals surface area contributed by atoms with Crippen molar-refractivity contribution in [2.45, 2.75) is 38.0 Å². The van der Waals surface area contributed by atoms with Crippen molar-refractivity contribution in [1.29, 1.82) is 0 Å². The van der Waals surface area contributed by atoms with Crippen LogP contribution >= 0.6 is 0 Å². The number of aliphatic carboxylic acids is 1. The number of para-hydroxylation sites is 1. The van der Waals surface area contributed by atoms with Crippen LogP contribution in [-0.4, -0.2) is 11.1 Å². The fraction of sp³-hybridized carbons (Fsp3) is 0.462. The first-order chi connectivity index (χ1) is 7.58. The second-order valence-corrected chi connectivity index (χ2v) is 4.63. The van der Waals surface area contributed by atoms with E-state index in [2.05, 4.69) is 0 Å². The van der Waals surface area contributed by atoms with Crippen molar-refractivity contribution in [2.75, 3.05) is 5.73 Å². The van der Waals surface area contributed by atoms with Crippen molar-refractivity contribution < 1.29 is 9.90 Å². The molecule has 0 atom stereocenters. The third kappa shape index (κ3) is 1.47. The van der Waals surface area contributed by atoms with Gasteiger partial charge in [0.25, 0.3) is 0 Å². The number of aryl methyl sites for hydroxylation is 1. The number of anilines is 1. The van der Waals surface area contributed by atoms with Gasteiger partial charge in [-0.2, -0.15) is 0 Å². The number of nitrogen functional groups attached to an aromatic ring is 1. The Hall–Kier alpha value is -1.51. The Morgan fingerprint density at radius 3 is 2.56 bits per heavy atom. The molecule has 1 saturated carbocycles. The van der Waals surface area contributed by atoms with E-state index in [1.54, 1.807) is 0 Å². The van der Waals surface area contributed by atoms with E-state index in [1.165, 1.54) is 0 Å². The average Bonchev–Trinajstić information content (AvgIpc) is 2.72. The monoisotopic (exact) mass is 219 g/mol. The molecule has 1 aromatic rings. The lowest BCUT2D eigenvalue weighted by atomic mass is 9.77. The lowest BCUT2D eigenvalue weighted by molar-refractivity contribution is -0.143. The molecule has 2 rings (SSSR count). The van der Waals surface area contributed by atoms with E-state index < -0.39 is 11.4 Å². The minimum Gasteiger partial charge on any atom is -0.481 e. The lowest BCUT2D eigenvalue weighted by Crippen LogP contribution is -2.33. The number of hydrogen-bond acceptors (Lipinski definition) is 2. The third-order valence-corrected chi connectivity index (χ3v) is 3.71. The molecule has 1 aliphatic rings. The molecule has 1 fully saturated rings. The number of hydrogen-bond donors (Lipinski definition) is 2. The van der Waals surface area contributed by atoms with Crippen LogP contribution < -0.4 is 5.73 Å². The number of rotatable bonds is 2. The van der Waals surface area contributed by atoms with E-state index >= 15 is 0 Å². The summed E-state index contributed by atoms with van der Waals surface area (Å²) in [5.41, 5.74) is 7.69. The minimum absolute atomic E-state index is 0.645. The van der Waals surface area contributed by atoms with Crippen LogP contribution in [0.15, 0.2) is 18.2 Å². The Balaban J connectivity index is 2.56. The van der Waals surface area contributed by atoms with Crippen LogP contribution in [0, 0.1) is 6.92 Å². The van der Waals surface area contributed by atoms with E-state index in [-0.39, 0.29) is 0 Å². The zero-order valence-corrected chi connectivity index (χ0v) is 9.49. The van der Waals surface area contributed by atoms with Gasteiger partial charge in [0.2, 0.25) is 0 Å². The molecule has 0 aliphatic heterocycles. The van der Waals surface area contributed by atoms with E-state index in [4.69, 9.17) is 5.73 Å². The second kappa shape index (κ2) is 3.81. The average molecular weight is 219 g/mol. The highest BCUT2D eigenvalue weighted by Crippen LogP contribution is 2.44. The van der Waals surface area contributed by atoms with Gasteiger partial charge >= 0.3 is 5.97 Å². The van der Waals surface area contributed by atoms with Crippen molar-refractivity contribution in [1.82, 2.24) is 0 Å². The van der Waals surface area contributed by atoms with Crippen molar-refractivity contribution >= 4 is 11.7 Å². The van der Waals surface area contributed by atoms with Crippen LogP contribution in [0.25, 0.3) is 0 Å². The first-order valence-corrected chi connectivity index (χ1v) is 5.67. The van der Waals surface area contributed by atoms with E-state index in [1.807, 2.05) is 25.1 Å². The topological polar surface area (TPSA) is 63.3 Å². The molecule has 0 spiro atoms. The summed E-state index contributed by atoms with van der Waals surface area (Å²) in [4.78, 5) is 11.5. The molecule has 1 aliphatic carbocycles. The predicted octanol–water partition coefficient (Wildman–Crippen LogP) is 2.47. The van der Waals surface area contributed by atoms with Gasteiger partial charge in [0, 0.05) is 5.69 Å². The molecule has 0 unspecified atom stereocenters. The summed E-state index contributed by atoms with van der Waals surface area (Å²) in [5, 5.41) is 9.48. The largest absolute Gasteiger partial charge is 0.481 e. The third-order valence-electron chi connectivity index (χ3n) is 3.71. The van der Waals surface area contributed by atoms with Crippen molar-refractivity contribution in [3.8, 4) is 0 Å². The molecule has 0 heterocycles. The molecule has 0 amide bonds. The van der Waals surface area contributed by atoms with E-state index in [0.29, 0.717) is 18.5 Å². The van der Waals surface area contributed by atoms with Crippen molar-refractivity contribution in [3.05, 3.63) is 29.3 Å². The van der Waals surface area contributed by atoms with Gasteiger partial charge in [0.15, 0.2) is 0 Å². The highest BCUT2D eigenvalue weighted by atomic mass is 16.4. The van der Waals surface area contributed by atoms with Gasteiger partial charge in [-0.15, -0.1) is 0 Å². The summed E-state index contributed by atoms with van der Waals surface area (Å²) in [6.07, 6.45) is 3.35. The number of carbonyl (C=O) groups is 1. The van der Waals surface area contributed by atoms with Crippen LogP contribution in [-0.2, 0) is 10.2 Å². The van der Waals surface area contributed by atoms with Gasteiger partial charge in [0.1, 0.15) is 0 Å². The Morgan fingerprint density at radius 1 is 1.38 bits per heavy atom. The Labute approximate surface area is 95.3 Å². The van der Waals surface area contributed by atoms with Crippen LogP contribution in [0.3, 0.4) is 0 Å². The fourth-order valence-corrected chi connectivity index (χ4v) is 2.67. The van der Waals surface area contributed by atoms with Crippen LogP contribution in [0.4, 0.5) is 5.69 Å². The first kappa shape index (κ1) is 11.0. The molecule has 0 saturated heterocycles. The molecule has 16 heavy (non-hydrogen) atoms. The Bertz CT molecular complexity index is 420. The molecule has 0 bridgehead atoms. The van der Waals surface area contributed by atoms with Crippen LogP contribution in [0.2, 0.25) is 0 Å². The Morgan fingerprint density at radius 2 is 2.00 bits per heavy atom. The maximum absolute atomic E-state index is 11.5. The van der Waals surface area contributed by atoms with Crippen molar-refractivity contribution in [3.63, 3.8) is 0 Å². The van der Waals surface area contributed by atoms with Gasteiger partial charge in [0.05, 0.1) is 5.41 Å². The normalized spacial score (nSPS) is 18.6. The standard InChI is InChI=1S/C13H17NO2/c1-9-5-4-6-10(11(9)14)13(12(15)16)7-2-3-8-13/h4-6H,2-3,7-8,14H2,1H3,(H,15,16). The summed E-state index contributed by atoms with van der Waals surface area (Å²) < 4.78 is 0. The molecule has 86 valence electrons. The molecule has 3 N–H and O–H groups in total. The number of carboxylic acid groups (broad SMARTS) is 1. The Kier molecular flexibility index (Phi) is 2.62. The molecule has 0 aromatic heterocycles. The number of carboxylic acids is 1. The summed E-state index contributed by atoms with van der Waals surface area (Å²) in [5.74, 6) is -0.734. The summed E-state index contributed by atoms with van der Waals surface area (Å²) in [6, 6.07) is 5.68. The van der Waals surface area contributed by atoms with E-state index in [0.717, 1.165) is 24.0 Å². The quantitative estimate of drug-likeness (QED) is 0.751. The van der Waals surface area contributed by atoms with Gasteiger partial charge in [-0.3, -0.25) is 4.79 Å². The number of nitrogens with two attached hydrogens (primary N) is 1. The maximum atomic E-state index is 11.5. The molecule has 3 heteroatoms. The van der Waals surface area contributed by atoms with Gasteiger partial charge in [-0.25, -0.2) is 0 Å². The maximum Gasteiger partial charge on any atom is 0.314 e. The highest BCUT2D eigenvalue weighted by molar-refractivity contribution is 5.84. The summed E-state index contributed by atoms with van der Waals surface area (Å²) in [7, 11) is 0. The molecule has 0 radical (unpaired) electrons. The second-order valence-electron chi connectivity index (χ2n) is 4.63.